The first kappa shape index (κ1) is 11.8. The Labute approximate surface area is 94.1 Å². The second-order valence-corrected chi connectivity index (χ2v) is 3.07. The van der Waals surface area contributed by atoms with Gasteiger partial charge in [-0.05, 0) is 23.8 Å². The van der Waals surface area contributed by atoms with Gasteiger partial charge in [0.2, 0.25) is 5.91 Å². The summed E-state index contributed by atoms with van der Waals surface area (Å²) in [6.07, 6.45) is 1.21. The Morgan fingerprint density at radius 3 is 3.00 bits per heavy atom. The molecule has 1 N–H and O–H groups in total. The van der Waals surface area contributed by atoms with Crippen LogP contribution in [0, 0.1) is 11.3 Å². The maximum absolute atomic E-state index is 10.9. The van der Waals surface area contributed by atoms with Crippen molar-refractivity contribution in [3.63, 3.8) is 0 Å². The summed E-state index contributed by atoms with van der Waals surface area (Å²) in [7, 11) is 1.50. The van der Waals surface area contributed by atoms with Gasteiger partial charge in [-0.1, -0.05) is 12.6 Å². The van der Waals surface area contributed by atoms with E-state index >= 15 is 0 Å². The highest BCUT2D eigenvalue weighted by Gasteiger charge is 2.03. The third-order valence-electron chi connectivity index (χ3n) is 2.04. The molecule has 0 aliphatic carbocycles. The van der Waals surface area contributed by atoms with E-state index in [1.807, 2.05) is 6.07 Å². The van der Waals surface area contributed by atoms with Crippen molar-refractivity contribution in [2.45, 2.75) is 6.54 Å². The second-order valence-electron chi connectivity index (χ2n) is 3.07. The second kappa shape index (κ2) is 5.56. The van der Waals surface area contributed by atoms with Crippen LogP contribution >= 0.6 is 0 Å². The minimum absolute atomic E-state index is 0.233. The van der Waals surface area contributed by atoms with Crippen molar-refractivity contribution in [3.05, 3.63) is 42.0 Å². The number of carbonyl (C=O) groups is 1. The Balaban J connectivity index is 2.80. The van der Waals surface area contributed by atoms with Gasteiger partial charge in [0.05, 0.1) is 12.7 Å². The lowest BCUT2D eigenvalue weighted by Gasteiger charge is -2.06. The SMILES string of the molecule is C=CC(=O)NCc1ccc(C#N)c(OC)c1. The first-order chi connectivity index (χ1) is 7.71. The first-order valence-corrected chi connectivity index (χ1v) is 4.68. The number of methoxy groups -OCH3 is 1. The van der Waals surface area contributed by atoms with E-state index in [1.165, 1.54) is 13.2 Å². The number of rotatable bonds is 4. The van der Waals surface area contributed by atoms with Crippen LogP contribution in [-0.4, -0.2) is 13.0 Å². The molecule has 4 heteroatoms. The maximum Gasteiger partial charge on any atom is 0.243 e. The zero-order valence-corrected chi connectivity index (χ0v) is 8.99. The van der Waals surface area contributed by atoms with Crippen LogP contribution < -0.4 is 10.1 Å². The normalized spacial score (nSPS) is 9.00. The van der Waals surface area contributed by atoms with Gasteiger partial charge in [-0.15, -0.1) is 0 Å². The highest BCUT2D eigenvalue weighted by Crippen LogP contribution is 2.18. The molecule has 0 aromatic heterocycles. The minimum atomic E-state index is -0.233. The summed E-state index contributed by atoms with van der Waals surface area (Å²) < 4.78 is 5.05. The van der Waals surface area contributed by atoms with Gasteiger partial charge in [-0.3, -0.25) is 4.79 Å². The average Bonchev–Trinajstić information content (AvgIpc) is 2.35. The number of carbonyl (C=O) groups excluding carboxylic acids is 1. The van der Waals surface area contributed by atoms with Gasteiger partial charge in [0, 0.05) is 6.54 Å². The fourth-order valence-electron chi connectivity index (χ4n) is 1.20. The van der Waals surface area contributed by atoms with E-state index in [2.05, 4.69) is 11.9 Å². The molecule has 1 amide bonds. The van der Waals surface area contributed by atoms with Crippen molar-refractivity contribution in [3.8, 4) is 11.8 Å². The summed E-state index contributed by atoms with van der Waals surface area (Å²) in [5.74, 6) is 0.274. The molecule has 0 heterocycles. The van der Waals surface area contributed by atoms with Crippen LogP contribution in [0.15, 0.2) is 30.9 Å². The Morgan fingerprint density at radius 2 is 2.44 bits per heavy atom. The minimum Gasteiger partial charge on any atom is -0.495 e. The molecule has 0 radical (unpaired) electrons. The Hall–Kier alpha value is -2.28. The van der Waals surface area contributed by atoms with Crippen LogP contribution in [-0.2, 0) is 11.3 Å². The van der Waals surface area contributed by atoms with E-state index in [-0.39, 0.29) is 5.91 Å². The lowest BCUT2D eigenvalue weighted by atomic mass is 10.1. The molecule has 1 aromatic carbocycles. The molecule has 82 valence electrons. The molecule has 1 aromatic rings. The van der Waals surface area contributed by atoms with Crippen molar-refractivity contribution >= 4 is 5.91 Å². The van der Waals surface area contributed by atoms with Crippen LogP contribution in [0.4, 0.5) is 0 Å². The van der Waals surface area contributed by atoms with Gasteiger partial charge in [0.25, 0.3) is 0 Å². The molecule has 0 saturated carbocycles. The zero-order chi connectivity index (χ0) is 12.0. The van der Waals surface area contributed by atoms with Gasteiger partial charge in [0.15, 0.2) is 0 Å². The van der Waals surface area contributed by atoms with Gasteiger partial charge < -0.3 is 10.1 Å². The van der Waals surface area contributed by atoms with Crippen molar-refractivity contribution < 1.29 is 9.53 Å². The van der Waals surface area contributed by atoms with Gasteiger partial charge in [-0.25, -0.2) is 0 Å². The van der Waals surface area contributed by atoms with E-state index in [1.54, 1.807) is 18.2 Å². The monoisotopic (exact) mass is 216 g/mol. The Kier molecular flexibility index (Phi) is 4.10. The molecule has 16 heavy (non-hydrogen) atoms. The first-order valence-electron chi connectivity index (χ1n) is 4.68. The number of nitriles is 1. The van der Waals surface area contributed by atoms with Crippen LogP contribution in [0.1, 0.15) is 11.1 Å². The molecule has 0 bridgehead atoms. The van der Waals surface area contributed by atoms with Crippen molar-refractivity contribution in [1.82, 2.24) is 5.32 Å². The number of ether oxygens (including phenoxy) is 1. The molecular formula is C12H12N2O2. The van der Waals surface area contributed by atoms with E-state index in [9.17, 15) is 4.79 Å². The molecule has 0 aliphatic rings. The molecule has 0 spiro atoms. The summed E-state index contributed by atoms with van der Waals surface area (Å²) >= 11 is 0. The molecular weight excluding hydrogens is 204 g/mol. The van der Waals surface area contributed by atoms with Crippen LogP contribution in [0.25, 0.3) is 0 Å². The molecule has 0 fully saturated rings. The fourth-order valence-corrected chi connectivity index (χ4v) is 1.20. The van der Waals surface area contributed by atoms with E-state index in [4.69, 9.17) is 10.00 Å². The van der Waals surface area contributed by atoms with E-state index < -0.39 is 0 Å². The lowest BCUT2D eigenvalue weighted by Crippen LogP contribution is -2.19. The predicted molar refractivity (Wildman–Crippen MR) is 59.8 cm³/mol. The van der Waals surface area contributed by atoms with Crippen molar-refractivity contribution in [2.75, 3.05) is 7.11 Å². The summed E-state index contributed by atoms with van der Waals surface area (Å²) in [4.78, 5) is 10.9. The molecule has 0 unspecified atom stereocenters. The van der Waals surface area contributed by atoms with Gasteiger partial charge >= 0.3 is 0 Å². The quantitative estimate of drug-likeness (QED) is 0.773. The molecule has 4 nitrogen and oxygen atoms in total. The molecule has 0 atom stereocenters. The maximum atomic E-state index is 10.9. The topological polar surface area (TPSA) is 62.1 Å². The molecule has 1 rings (SSSR count). The van der Waals surface area contributed by atoms with E-state index in [0.717, 1.165) is 5.56 Å². The largest absolute Gasteiger partial charge is 0.495 e. The highest BCUT2D eigenvalue weighted by atomic mass is 16.5. The number of nitrogens with zero attached hydrogens (tertiary/aromatic N) is 1. The molecule has 0 saturated heterocycles. The third-order valence-corrected chi connectivity index (χ3v) is 2.04. The fraction of sp³-hybridized carbons (Fsp3) is 0.167. The van der Waals surface area contributed by atoms with Crippen molar-refractivity contribution in [2.24, 2.45) is 0 Å². The van der Waals surface area contributed by atoms with Gasteiger partial charge in [-0.2, -0.15) is 5.26 Å². The van der Waals surface area contributed by atoms with Crippen LogP contribution in [0.3, 0.4) is 0 Å². The van der Waals surface area contributed by atoms with Crippen LogP contribution in [0.2, 0.25) is 0 Å². The summed E-state index contributed by atoms with van der Waals surface area (Å²) in [6.45, 7) is 3.74. The summed E-state index contributed by atoms with van der Waals surface area (Å²) in [5.41, 5.74) is 1.34. The van der Waals surface area contributed by atoms with Crippen LogP contribution in [0.5, 0.6) is 5.75 Å². The molecule has 0 aliphatic heterocycles. The third kappa shape index (κ3) is 2.85. The average molecular weight is 216 g/mol. The zero-order valence-electron chi connectivity index (χ0n) is 8.99. The van der Waals surface area contributed by atoms with Crippen molar-refractivity contribution in [1.29, 1.82) is 5.26 Å². The number of nitrogens with one attached hydrogen (secondary N) is 1. The Bertz CT molecular complexity index is 447. The number of benzene rings is 1. The smallest absolute Gasteiger partial charge is 0.243 e. The lowest BCUT2D eigenvalue weighted by molar-refractivity contribution is -0.116. The standard InChI is InChI=1S/C12H12N2O2/c1-3-12(15)14-8-9-4-5-10(7-13)11(6-9)16-2/h3-6H,1,8H2,2H3,(H,14,15). The van der Waals surface area contributed by atoms with E-state index in [0.29, 0.717) is 17.9 Å². The number of amides is 1. The summed E-state index contributed by atoms with van der Waals surface area (Å²) in [5, 5.41) is 11.4. The summed E-state index contributed by atoms with van der Waals surface area (Å²) in [6, 6.07) is 7.17. The predicted octanol–water partition coefficient (Wildman–Crippen LogP) is 1.37. The number of hydrogen-bond donors (Lipinski definition) is 1. The Morgan fingerprint density at radius 1 is 1.69 bits per heavy atom. The van der Waals surface area contributed by atoms with Gasteiger partial charge in [0.1, 0.15) is 11.8 Å². The number of hydrogen-bond acceptors (Lipinski definition) is 3. The highest BCUT2D eigenvalue weighted by molar-refractivity contribution is 5.86.